The van der Waals surface area contributed by atoms with E-state index in [2.05, 4.69) is 4.90 Å². The highest BCUT2D eigenvalue weighted by molar-refractivity contribution is 6.46. The molecular formula is C25H27ClN2O6. The predicted molar refractivity (Wildman–Crippen MR) is 127 cm³/mol. The van der Waals surface area contributed by atoms with Crippen LogP contribution in [0.4, 0.5) is 0 Å². The second kappa shape index (κ2) is 10.5. The van der Waals surface area contributed by atoms with Crippen molar-refractivity contribution in [3.05, 3.63) is 64.2 Å². The number of likely N-dealkylation sites (tertiary alicyclic amines) is 1. The third-order valence-corrected chi connectivity index (χ3v) is 6.40. The largest absolute Gasteiger partial charge is 0.507 e. The van der Waals surface area contributed by atoms with E-state index in [1.165, 1.54) is 19.1 Å². The van der Waals surface area contributed by atoms with Crippen LogP contribution in [0.5, 0.6) is 11.5 Å². The minimum atomic E-state index is -0.846. The molecule has 9 heteroatoms. The normalized spacial score (nSPS) is 20.6. The standard InChI is InChI=1S/C25H27ClN2O6/c1-32-18-7-8-20(33-2)19(15-18)22-21(23(29)16-3-5-17(26)6-4-16)24(30)25(31)28(22)10-9-27-11-13-34-14-12-27/h3-8,15,22,29H,9-14H2,1-2H3/b23-21+. The van der Waals surface area contributed by atoms with Gasteiger partial charge in [0, 0.05) is 42.3 Å². The molecule has 8 nitrogen and oxygen atoms in total. The van der Waals surface area contributed by atoms with Crippen molar-refractivity contribution in [3.8, 4) is 11.5 Å². The van der Waals surface area contributed by atoms with Gasteiger partial charge < -0.3 is 24.2 Å². The van der Waals surface area contributed by atoms with Crippen LogP contribution in [-0.4, -0.2) is 80.2 Å². The summed E-state index contributed by atoms with van der Waals surface area (Å²) in [4.78, 5) is 30.1. The molecule has 0 radical (unpaired) electrons. The molecule has 0 aromatic heterocycles. The summed E-state index contributed by atoms with van der Waals surface area (Å²) in [6.45, 7) is 3.63. The lowest BCUT2D eigenvalue weighted by Gasteiger charge is -2.31. The van der Waals surface area contributed by atoms with E-state index in [-0.39, 0.29) is 11.3 Å². The Labute approximate surface area is 203 Å². The van der Waals surface area contributed by atoms with Crippen LogP contribution in [0.3, 0.4) is 0 Å². The van der Waals surface area contributed by atoms with E-state index in [4.69, 9.17) is 25.8 Å². The van der Waals surface area contributed by atoms with Gasteiger partial charge in [0.05, 0.1) is 39.0 Å². The number of halogens is 1. The summed E-state index contributed by atoms with van der Waals surface area (Å²) in [5.74, 6) is -0.658. The summed E-state index contributed by atoms with van der Waals surface area (Å²) in [5.41, 5.74) is 0.946. The smallest absolute Gasteiger partial charge is 0.295 e. The highest BCUT2D eigenvalue weighted by atomic mass is 35.5. The molecule has 2 fully saturated rings. The SMILES string of the molecule is COc1ccc(OC)c(C2/C(=C(\O)c3ccc(Cl)cc3)C(=O)C(=O)N2CCN2CCOCC2)c1. The van der Waals surface area contributed by atoms with Crippen molar-refractivity contribution in [2.24, 2.45) is 0 Å². The van der Waals surface area contributed by atoms with Gasteiger partial charge in [0.25, 0.3) is 11.7 Å². The summed E-state index contributed by atoms with van der Waals surface area (Å²) in [6.07, 6.45) is 0. The van der Waals surface area contributed by atoms with Crippen LogP contribution in [0.2, 0.25) is 5.02 Å². The predicted octanol–water partition coefficient (Wildman–Crippen LogP) is 3.11. The number of benzene rings is 2. The van der Waals surface area contributed by atoms with Crippen molar-refractivity contribution in [3.63, 3.8) is 0 Å². The molecule has 1 atom stereocenters. The van der Waals surface area contributed by atoms with Gasteiger partial charge in [0.2, 0.25) is 0 Å². The van der Waals surface area contributed by atoms with E-state index >= 15 is 0 Å². The highest BCUT2D eigenvalue weighted by Crippen LogP contribution is 2.43. The molecule has 2 aliphatic rings. The Morgan fingerprint density at radius 2 is 1.76 bits per heavy atom. The Hall–Kier alpha value is -3.07. The Bertz CT molecular complexity index is 1100. The number of aliphatic hydroxyl groups excluding tert-OH is 1. The summed E-state index contributed by atoms with van der Waals surface area (Å²) < 4.78 is 16.4. The molecular weight excluding hydrogens is 460 g/mol. The van der Waals surface area contributed by atoms with E-state index < -0.39 is 17.7 Å². The Balaban J connectivity index is 1.81. The number of rotatable bonds is 7. The second-order valence-corrected chi connectivity index (χ2v) is 8.50. The first-order chi connectivity index (χ1) is 16.4. The number of hydrogen-bond donors (Lipinski definition) is 1. The molecule has 0 spiro atoms. The molecule has 34 heavy (non-hydrogen) atoms. The Kier molecular flexibility index (Phi) is 7.41. The fourth-order valence-corrected chi connectivity index (χ4v) is 4.45. The number of hydrogen-bond acceptors (Lipinski definition) is 7. The number of carbonyl (C=O) groups excluding carboxylic acids is 2. The zero-order valence-electron chi connectivity index (χ0n) is 19.1. The van der Waals surface area contributed by atoms with Crippen LogP contribution in [-0.2, 0) is 14.3 Å². The van der Waals surface area contributed by atoms with E-state index in [1.54, 1.807) is 42.5 Å². The van der Waals surface area contributed by atoms with Crippen molar-refractivity contribution in [1.29, 1.82) is 0 Å². The van der Waals surface area contributed by atoms with Crippen LogP contribution in [0, 0.1) is 0 Å². The highest BCUT2D eigenvalue weighted by Gasteiger charge is 2.47. The van der Waals surface area contributed by atoms with Crippen LogP contribution < -0.4 is 9.47 Å². The van der Waals surface area contributed by atoms with E-state index in [0.717, 1.165) is 13.1 Å². The molecule has 2 aliphatic heterocycles. The number of morpholine rings is 1. The van der Waals surface area contributed by atoms with Gasteiger partial charge in [-0.2, -0.15) is 0 Å². The zero-order valence-corrected chi connectivity index (χ0v) is 19.9. The van der Waals surface area contributed by atoms with Crippen LogP contribution in [0.15, 0.2) is 48.0 Å². The average molecular weight is 487 g/mol. The van der Waals surface area contributed by atoms with Crippen LogP contribution in [0.25, 0.3) is 5.76 Å². The number of ketones is 1. The van der Waals surface area contributed by atoms with Gasteiger partial charge in [-0.05, 0) is 42.5 Å². The molecule has 4 rings (SSSR count). The minimum absolute atomic E-state index is 0.000790. The number of carbonyl (C=O) groups is 2. The Morgan fingerprint density at radius 3 is 2.41 bits per heavy atom. The molecule has 180 valence electrons. The zero-order chi connectivity index (χ0) is 24.2. The summed E-state index contributed by atoms with van der Waals surface area (Å²) in [6, 6.07) is 10.8. The number of amides is 1. The lowest BCUT2D eigenvalue weighted by molar-refractivity contribution is -0.140. The summed E-state index contributed by atoms with van der Waals surface area (Å²) in [7, 11) is 3.05. The van der Waals surface area contributed by atoms with Crippen molar-refractivity contribution in [1.82, 2.24) is 9.80 Å². The van der Waals surface area contributed by atoms with Crippen molar-refractivity contribution < 1.29 is 28.9 Å². The number of aliphatic hydroxyl groups is 1. The summed E-state index contributed by atoms with van der Waals surface area (Å²) in [5, 5.41) is 11.7. The maximum Gasteiger partial charge on any atom is 0.295 e. The van der Waals surface area contributed by atoms with Crippen molar-refractivity contribution in [2.75, 3.05) is 53.6 Å². The molecule has 0 aliphatic carbocycles. The van der Waals surface area contributed by atoms with Gasteiger partial charge in [0.15, 0.2) is 0 Å². The van der Waals surface area contributed by atoms with Crippen molar-refractivity contribution in [2.45, 2.75) is 6.04 Å². The van der Waals surface area contributed by atoms with E-state index in [9.17, 15) is 14.7 Å². The van der Waals surface area contributed by atoms with Gasteiger partial charge in [0.1, 0.15) is 17.3 Å². The third-order valence-electron chi connectivity index (χ3n) is 6.15. The molecule has 0 saturated carbocycles. The van der Waals surface area contributed by atoms with Gasteiger partial charge >= 0.3 is 0 Å². The van der Waals surface area contributed by atoms with E-state index in [1.807, 2.05) is 0 Å². The van der Waals surface area contributed by atoms with Crippen LogP contribution >= 0.6 is 11.6 Å². The molecule has 2 heterocycles. The number of Topliss-reactive ketones (excluding diaryl/α,β-unsaturated/α-hetero) is 1. The van der Waals surface area contributed by atoms with Gasteiger partial charge in [-0.3, -0.25) is 14.5 Å². The fourth-order valence-electron chi connectivity index (χ4n) is 4.32. The first kappa shape index (κ1) is 24.1. The average Bonchev–Trinajstić information content (AvgIpc) is 3.12. The first-order valence-electron chi connectivity index (χ1n) is 11.0. The molecule has 1 amide bonds. The van der Waals surface area contributed by atoms with Gasteiger partial charge in [-0.15, -0.1) is 0 Å². The first-order valence-corrected chi connectivity index (χ1v) is 11.4. The van der Waals surface area contributed by atoms with Gasteiger partial charge in [-0.25, -0.2) is 0 Å². The van der Waals surface area contributed by atoms with Crippen molar-refractivity contribution >= 4 is 29.1 Å². The number of methoxy groups -OCH3 is 2. The molecule has 2 saturated heterocycles. The quantitative estimate of drug-likeness (QED) is 0.365. The molecule has 1 unspecified atom stereocenters. The molecule has 2 aromatic carbocycles. The lowest BCUT2D eigenvalue weighted by Crippen LogP contribution is -2.42. The topological polar surface area (TPSA) is 88.5 Å². The number of nitrogens with zero attached hydrogens (tertiary/aromatic N) is 2. The molecule has 1 N–H and O–H groups in total. The van der Waals surface area contributed by atoms with E-state index in [0.29, 0.717) is 54.0 Å². The monoisotopic (exact) mass is 486 g/mol. The number of ether oxygens (including phenoxy) is 3. The Morgan fingerprint density at radius 1 is 1.06 bits per heavy atom. The summed E-state index contributed by atoms with van der Waals surface area (Å²) >= 11 is 5.99. The third kappa shape index (κ3) is 4.75. The van der Waals surface area contributed by atoms with Crippen LogP contribution in [0.1, 0.15) is 17.2 Å². The molecule has 0 bridgehead atoms. The second-order valence-electron chi connectivity index (χ2n) is 8.06. The minimum Gasteiger partial charge on any atom is -0.507 e. The van der Waals surface area contributed by atoms with Gasteiger partial charge in [-0.1, -0.05) is 11.6 Å². The molecule has 2 aromatic rings. The lowest BCUT2D eigenvalue weighted by atomic mass is 9.94. The maximum absolute atomic E-state index is 13.2. The maximum atomic E-state index is 13.2. The fraction of sp³-hybridized carbons (Fsp3) is 0.360.